The number of hydrogen-bond donors (Lipinski definition) is 0. The van der Waals surface area contributed by atoms with Crippen molar-refractivity contribution in [2.24, 2.45) is 5.92 Å². The highest BCUT2D eigenvalue weighted by molar-refractivity contribution is 6.31. The van der Waals surface area contributed by atoms with E-state index in [1.807, 2.05) is 6.07 Å². The number of rotatable bonds is 2. The highest BCUT2D eigenvalue weighted by Gasteiger charge is 2.24. The van der Waals surface area contributed by atoms with Crippen molar-refractivity contribution in [3.05, 3.63) is 34.3 Å². The summed E-state index contributed by atoms with van der Waals surface area (Å²) in [5, 5.41) is 1.21. The average molecular weight is 272 g/mol. The zero-order valence-corrected chi connectivity index (χ0v) is 11.9. The van der Waals surface area contributed by atoms with E-state index in [1.165, 1.54) is 11.1 Å². The molecular formula is C14H19Cl2N. The quantitative estimate of drug-likeness (QED) is 0.733. The van der Waals surface area contributed by atoms with E-state index in [0.717, 1.165) is 31.1 Å². The lowest BCUT2D eigenvalue weighted by molar-refractivity contribution is 0.180. The third-order valence-corrected chi connectivity index (χ3v) is 4.49. The Bertz CT molecular complexity index is 392. The van der Waals surface area contributed by atoms with Crippen LogP contribution in [0.25, 0.3) is 0 Å². The van der Waals surface area contributed by atoms with Crippen LogP contribution in [-0.2, 0) is 6.54 Å². The van der Waals surface area contributed by atoms with Gasteiger partial charge in [0.25, 0.3) is 0 Å². The van der Waals surface area contributed by atoms with E-state index < -0.39 is 0 Å². The van der Waals surface area contributed by atoms with Gasteiger partial charge < -0.3 is 0 Å². The van der Waals surface area contributed by atoms with E-state index in [9.17, 15) is 0 Å². The monoisotopic (exact) mass is 271 g/mol. The fourth-order valence-electron chi connectivity index (χ4n) is 2.37. The summed E-state index contributed by atoms with van der Waals surface area (Å²) in [6.45, 7) is 7.37. The van der Waals surface area contributed by atoms with E-state index >= 15 is 0 Å². The van der Waals surface area contributed by atoms with Crippen molar-refractivity contribution in [1.29, 1.82) is 0 Å². The SMILES string of the molecule is Cc1ccc(CN2CCC(Cl)C(C)C2)c(Cl)c1. The predicted octanol–water partition coefficient (Wildman–Crippen LogP) is 4.10. The first-order chi connectivity index (χ1) is 8.06. The Morgan fingerprint density at radius 1 is 1.41 bits per heavy atom. The Kier molecular flexibility index (Phi) is 4.35. The number of benzene rings is 1. The van der Waals surface area contributed by atoms with Gasteiger partial charge in [-0.15, -0.1) is 11.6 Å². The largest absolute Gasteiger partial charge is 0.299 e. The first kappa shape index (κ1) is 13.2. The molecule has 0 amide bonds. The number of halogens is 2. The highest BCUT2D eigenvalue weighted by atomic mass is 35.5. The molecule has 1 fully saturated rings. The molecule has 1 nitrogen and oxygen atoms in total. The van der Waals surface area contributed by atoms with Crippen molar-refractivity contribution >= 4 is 23.2 Å². The summed E-state index contributed by atoms with van der Waals surface area (Å²) >= 11 is 12.5. The topological polar surface area (TPSA) is 3.24 Å². The summed E-state index contributed by atoms with van der Waals surface area (Å²) < 4.78 is 0. The first-order valence-electron chi connectivity index (χ1n) is 6.17. The van der Waals surface area contributed by atoms with Crippen molar-refractivity contribution < 1.29 is 0 Å². The van der Waals surface area contributed by atoms with Crippen molar-refractivity contribution in [1.82, 2.24) is 4.90 Å². The molecule has 1 aromatic rings. The lowest BCUT2D eigenvalue weighted by atomic mass is 9.99. The van der Waals surface area contributed by atoms with Gasteiger partial charge in [0.1, 0.15) is 0 Å². The van der Waals surface area contributed by atoms with Crippen molar-refractivity contribution in [3.63, 3.8) is 0 Å². The van der Waals surface area contributed by atoms with Crippen molar-refractivity contribution in [3.8, 4) is 0 Å². The zero-order valence-electron chi connectivity index (χ0n) is 10.4. The molecule has 1 aromatic carbocycles. The molecule has 2 unspecified atom stereocenters. The second-order valence-electron chi connectivity index (χ2n) is 5.11. The third-order valence-electron chi connectivity index (χ3n) is 3.49. The average Bonchev–Trinajstić information content (AvgIpc) is 2.27. The second-order valence-corrected chi connectivity index (χ2v) is 6.08. The molecule has 3 heteroatoms. The third kappa shape index (κ3) is 3.37. The fourth-order valence-corrected chi connectivity index (χ4v) is 2.84. The molecule has 17 heavy (non-hydrogen) atoms. The Balaban J connectivity index is 2.01. The molecule has 0 bridgehead atoms. The van der Waals surface area contributed by atoms with E-state index in [-0.39, 0.29) is 0 Å². The molecule has 1 saturated heterocycles. The molecule has 1 aliphatic heterocycles. The highest BCUT2D eigenvalue weighted by Crippen LogP contribution is 2.25. The minimum Gasteiger partial charge on any atom is -0.299 e. The van der Waals surface area contributed by atoms with Crippen LogP contribution in [0.2, 0.25) is 5.02 Å². The molecular weight excluding hydrogens is 253 g/mol. The molecule has 0 saturated carbocycles. The number of aryl methyl sites for hydroxylation is 1. The molecule has 1 heterocycles. The normalized spacial score (nSPS) is 26.1. The van der Waals surface area contributed by atoms with E-state index in [2.05, 4.69) is 30.9 Å². The maximum Gasteiger partial charge on any atom is 0.0453 e. The maximum atomic E-state index is 6.26. The standard InChI is InChI=1S/C14H19Cl2N/c1-10-3-4-12(14(16)7-10)9-17-6-5-13(15)11(2)8-17/h3-4,7,11,13H,5-6,8-9H2,1-2H3. The van der Waals surface area contributed by atoms with E-state index in [0.29, 0.717) is 11.3 Å². The van der Waals surface area contributed by atoms with Crippen LogP contribution in [0.15, 0.2) is 18.2 Å². The van der Waals surface area contributed by atoms with Gasteiger partial charge in [-0.1, -0.05) is 30.7 Å². The number of nitrogens with zero attached hydrogens (tertiary/aromatic N) is 1. The lowest BCUT2D eigenvalue weighted by Gasteiger charge is -2.34. The molecule has 0 aliphatic carbocycles. The first-order valence-corrected chi connectivity index (χ1v) is 6.99. The van der Waals surface area contributed by atoms with Crippen LogP contribution < -0.4 is 0 Å². The van der Waals surface area contributed by atoms with Crippen molar-refractivity contribution in [2.45, 2.75) is 32.2 Å². The van der Waals surface area contributed by atoms with Gasteiger partial charge in [-0.3, -0.25) is 4.90 Å². The summed E-state index contributed by atoms with van der Waals surface area (Å²) in [6.07, 6.45) is 1.08. The number of piperidine rings is 1. The smallest absolute Gasteiger partial charge is 0.0453 e. The number of alkyl halides is 1. The van der Waals surface area contributed by atoms with Crippen LogP contribution in [0.3, 0.4) is 0 Å². The van der Waals surface area contributed by atoms with Crippen LogP contribution in [0.1, 0.15) is 24.5 Å². The molecule has 0 aromatic heterocycles. The Labute approximate surface area is 114 Å². The van der Waals surface area contributed by atoms with E-state index in [4.69, 9.17) is 23.2 Å². The molecule has 0 spiro atoms. The van der Waals surface area contributed by atoms with Gasteiger partial charge in [-0.25, -0.2) is 0 Å². The minimum absolute atomic E-state index is 0.333. The van der Waals surface area contributed by atoms with Gasteiger partial charge >= 0.3 is 0 Å². The predicted molar refractivity (Wildman–Crippen MR) is 74.9 cm³/mol. The van der Waals surface area contributed by atoms with Crippen LogP contribution in [0.4, 0.5) is 0 Å². The molecule has 2 atom stereocenters. The summed E-state index contributed by atoms with van der Waals surface area (Å²) in [4.78, 5) is 2.44. The molecule has 2 rings (SSSR count). The van der Waals surface area contributed by atoms with Gasteiger partial charge in [0.15, 0.2) is 0 Å². The Morgan fingerprint density at radius 2 is 2.18 bits per heavy atom. The van der Waals surface area contributed by atoms with Crippen LogP contribution in [0, 0.1) is 12.8 Å². The molecule has 1 aliphatic rings. The van der Waals surface area contributed by atoms with Gasteiger partial charge in [0.2, 0.25) is 0 Å². The Hall–Kier alpha value is -0.240. The number of hydrogen-bond acceptors (Lipinski definition) is 1. The van der Waals surface area contributed by atoms with Gasteiger partial charge in [0.05, 0.1) is 0 Å². The van der Waals surface area contributed by atoms with Crippen molar-refractivity contribution in [2.75, 3.05) is 13.1 Å². The summed E-state index contributed by atoms with van der Waals surface area (Å²) in [5.41, 5.74) is 2.43. The molecule has 0 N–H and O–H groups in total. The summed E-state index contributed by atoms with van der Waals surface area (Å²) in [6, 6.07) is 6.29. The molecule has 94 valence electrons. The van der Waals surface area contributed by atoms with Crippen LogP contribution in [0.5, 0.6) is 0 Å². The van der Waals surface area contributed by atoms with E-state index in [1.54, 1.807) is 0 Å². The minimum atomic E-state index is 0.333. The summed E-state index contributed by atoms with van der Waals surface area (Å²) in [7, 11) is 0. The van der Waals surface area contributed by atoms with Gasteiger partial charge in [0, 0.05) is 23.5 Å². The number of likely N-dealkylation sites (tertiary alicyclic amines) is 1. The fraction of sp³-hybridized carbons (Fsp3) is 0.571. The van der Waals surface area contributed by atoms with Gasteiger partial charge in [-0.2, -0.15) is 0 Å². The maximum absolute atomic E-state index is 6.26. The summed E-state index contributed by atoms with van der Waals surface area (Å²) in [5.74, 6) is 0.564. The van der Waals surface area contributed by atoms with Crippen LogP contribution in [-0.4, -0.2) is 23.4 Å². The van der Waals surface area contributed by atoms with Gasteiger partial charge in [-0.05, 0) is 43.0 Å². The lowest BCUT2D eigenvalue weighted by Crippen LogP contribution is -2.39. The van der Waals surface area contributed by atoms with Crippen LogP contribution >= 0.6 is 23.2 Å². The zero-order chi connectivity index (χ0) is 12.4. The Morgan fingerprint density at radius 3 is 2.82 bits per heavy atom. The molecule has 0 radical (unpaired) electrons. The second kappa shape index (κ2) is 5.60.